The Bertz CT molecular complexity index is 741. The van der Waals surface area contributed by atoms with Crippen LogP contribution in [0.5, 0.6) is 11.5 Å². The summed E-state index contributed by atoms with van der Waals surface area (Å²) < 4.78 is 6.51. The summed E-state index contributed by atoms with van der Waals surface area (Å²) in [5.74, 6) is 2.90. The van der Waals surface area contributed by atoms with Crippen LogP contribution in [0, 0.1) is 11.8 Å². The van der Waals surface area contributed by atoms with Gasteiger partial charge in [-0.2, -0.15) is 0 Å². The number of hydrogen-bond acceptors (Lipinski definition) is 2. The molecule has 0 bridgehead atoms. The number of benzene rings is 1. The predicted molar refractivity (Wildman–Crippen MR) is 118 cm³/mol. The lowest BCUT2D eigenvalue weighted by Crippen LogP contribution is -2.45. The second kappa shape index (κ2) is 7.76. The Labute approximate surface area is 172 Å². The summed E-state index contributed by atoms with van der Waals surface area (Å²) in [6.45, 7) is 15.8. The van der Waals surface area contributed by atoms with Crippen molar-refractivity contribution in [1.29, 1.82) is 0 Å². The molecule has 1 heterocycles. The van der Waals surface area contributed by atoms with Crippen LogP contribution in [0.4, 0.5) is 0 Å². The molecule has 1 aliphatic carbocycles. The predicted octanol–water partition coefficient (Wildman–Crippen LogP) is 7.50. The third-order valence-electron chi connectivity index (χ3n) is 7.48. The van der Waals surface area contributed by atoms with Crippen LogP contribution >= 0.6 is 0 Å². The van der Waals surface area contributed by atoms with Crippen molar-refractivity contribution >= 4 is 0 Å². The number of phenols is 1. The van der Waals surface area contributed by atoms with Crippen LogP contribution in [0.15, 0.2) is 23.8 Å². The van der Waals surface area contributed by atoms with Crippen LogP contribution < -0.4 is 4.74 Å². The smallest absolute Gasteiger partial charge is 0.127 e. The van der Waals surface area contributed by atoms with Gasteiger partial charge in [-0.1, -0.05) is 58.6 Å². The van der Waals surface area contributed by atoms with Gasteiger partial charge >= 0.3 is 0 Å². The van der Waals surface area contributed by atoms with Gasteiger partial charge in [0.2, 0.25) is 0 Å². The average Bonchev–Trinajstić information content (AvgIpc) is 2.59. The number of hydrogen-bond donors (Lipinski definition) is 1. The van der Waals surface area contributed by atoms with Gasteiger partial charge in [0.25, 0.3) is 0 Å². The number of aromatic hydroxyl groups is 1. The Balaban J connectivity index is 1.91. The Hall–Kier alpha value is -1.44. The zero-order chi connectivity index (χ0) is 20.7. The molecule has 0 amide bonds. The lowest BCUT2D eigenvalue weighted by molar-refractivity contribution is 0.00741. The van der Waals surface area contributed by atoms with Gasteiger partial charge in [0.15, 0.2) is 0 Å². The number of allylic oxidation sites excluding steroid dienone is 2. The van der Waals surface area contributed by atoms with E-state index in [9.17, 15) is 5.11 Å². The van der Waals surface area contributed by atoms with E-state index in [1.54, 1.807) is 0 Å². The molecule has 3 atom stereocenters. The largest absolute Gasteiger partial charge is 0.508 e. The summed E-state index contributed by atoms with van der Waals surface area (Å²) in [6, 6.07) is 4.25. The van der Waals surface area contributed by atoms with Crippen molar-refractivity contribution in [3.8, 4) is 11.5 Å². The van der Waals surface area contributed by atoms with Crippen LogP contribution in [-0.2, 0) is 5.41 Å². The molecule has 156 valence electrons. The minimum Gasteiger partial charge on any atom is -0.508 e. The number of ether oxygens (including phenoxy) is 1. The molecule has 2 unspecified atom stereocenters. The molecular weight excluding hydrogens is 344 g/mol. The minimum atomic E-state index is -0.208. The lowest BCUT2D eigenvalue weighted by Gasteiger charge is -2.47. The summed E-state index contributed by atoms with van der Waals surface area (Å²) in [5, 5.41) is 11.0. The molecule has 2 heteroatoms. The Morgan fingerprint density at radius 3 is 2.68 bits per heavy atom. The summed E-state index contributed by atoms with van der Waals surface area (Å²) in [7, 11) is 0. The topological polar surface area (TPSA) is 29.5 Å². The molecule has 1 aliphatic heterocycles. The summed E-state index contributed by atoms with van der Waals surface area (Å²) >= 11 is 0. The molecule has 0 spiro atoms. The van der Waals surface area contributed by atoms with E-state index in [4.69, 9.17) is 4.74 Å². The fourth-order valence-corrected chi connectivity index (χ4v) is 5.20. The second-order valence-corrected chi connectivity index (χ2v) is 10.6. The van der Waals surface area contributed by atoms with Crippen molar-refractivity contribution in [2.24, 2.45) is 11.8 Å². The summed E-state index contributed by atoms with van der Waals surface area (Å²) in [6.07, 6.45) is 9.28. The van der Waals surface area contributed by atoms with E-state index in [1.807, 2.05) is 6.07 Å². The van der Waals surface area contributed by atoms with Gasteiger partial charge in [-0.25, -0.2) is 0 Å². The molecule has 0 aromatic heterocycles. The highest BCUT2D eigenvalue weighted by molar-refractivity contribution is 5.54. The van der Waals surface area contributed by atoms with E-state index < -0.39 is 0 Å². The zero-order valence-electron chi connectivity index (χ0n) is 19.1. The maximum absolute atomic E-state index is 11.0. The van der Waals surface area contributed by atoms with Crippen molar-refractivity contribution in [1.82, 2.24) is 0 Å². The normalized spacial score (nSPS) is 24.6. The maximum Gasteiger partial charge on any atom is 0.127 e. The first-order chi connectivity index (χ1) is 13.0. The van der Waals surface area contributed by atoms with E-state index in [0.29, 0.717) is 17.6 Å². The molecule has 2 nitrogen and oxygen atoms in total. The van der Waals surface area contributed by atoms with E-state index in [1.165, 1.54) is 30.4 Å². The SMILES string of the molecule is CCC(C)CCCC(C)(C)c1cc(O)c2c(c1)OC(C)(C)[C@@H]1CC=C(C)CC21. The number of fused-ring (bicyclic) bond motifs is 3. The number of phenolic OH excluding ortho intramolecular Hbond substituents is 1. The molecule has 0 fully saturated rings. The molecule has 1 N–H and O–H groups in total. The fraction of sp³-hybridized carbons (Fsp3) is 0.692. The highest BCUT2D eigenvalue weighted by atomic mass is 16.5. The van der Waals surface area contributed by atoms with E-state index >= 15 is 0 Å². The van der Waals surface area contributed by atoms with Crippen molar-refractivity contribution < 1.29 is 9.84 Å². The first-order valence-electron chi connectivity index (χ1n) is 11.3. The maximum atomic E-state index is 11.0. The molecule has 1 aromatic rings. The van der Waals surface area contributed by atoms with Gasteiger partial charge < -0.3 is 9.84 Å². The average molecular weight is 385 g/mol. The van der Waals surface area contributed by atoms with Crippen molar-refractivity contribution in [2.75, 3.05) is 0 Å². The lowest BCUT2D eigenvalue weighted by atomic mass is 9.66. The van der Waals surface area contributed by atoms with Gasteiger partial charge in [0.05, 0.1) is 0 Å². The van der Waals surface area contributed by atoms with Crippen LogP contribution in [0.1, 0.15) is 104 Å². The van der Waals surface area contributed by atoms with Crippen LogP contribution in [-0.4, -0.2) is 10.7 Å². The summed E-state index contributed by atoms with van der Waals surface area (Å²) in [5.41, 5.74) is 3.49. The molecule has 3 rings (SSSR count). The monoisotopic (exact) mass is 384 g/mol. The second-order valence-electron chi connectivity index (χ2n) is 10.6. The Kier molecular flexibility index (Phi) is 5.90. The minimum absolute atomic E-state index is 0.0344. The molecule has 0 radical (unpaired) electrons. The van der Waals surface area contributed by atoms with Gasteiger partial charge in [-0.05, 0) is 69.1 Å². The van der Waals surface area contributed by atoms with Gasteiger partial charge in [-0.3, -0.25) is 0 Å². The van der Waals surface area contributed by atoms with Gasteiger partial charge in [0, 0.05) is 17.4 Å². The van der Waals surface area contributed by atoms with E-state index in [-0.39, 0.29) is 11.0 Å². The highest BCUT2D eigenvalue weighted by Crippen LogP contribution is 2.54. The van der Waals surface area contributed by atoms with Crippen LogP contribution in [0.2, 0.25) is 0 Å². The molecule has 1 aromatic carbocycles. The standard InChI is InChI=1S/C26H40O2/c1-8-17(2)10-9-13-25(4,5)19-15-22(27)24-20-14-18(3)11-12-21(20)26(6,7)28-23(24)16-19/h11,15-17,20-21,27H,8-10,12-14H2,1-7H3/t17?,20?,21-/m1/s1. The fourth-order valence-electron chi connectivity index (χ4n) is 5.20. The van der Waals surface area contributed by atoms with E-state index in [2.05, 4.69) is 60.6 Å². The number of rotatable bonds is 6. The molecule has 0 saturated heterocycles. The van der Waals surface area contributed by atoms with Gasteiger partial charge in [-0.15, -0.1) is 0 Å². The molecule has 2 aliphatic rings. The molecular formula is C26H40O2. The quantitative estimate of drug-likeness (QED) is 0.515. The van der Waals surface area contributed by atoms with Crippen molar-refractivity contribution in [2.45, 2.75) is 104 Å². The van der Waals surface area contributed by atoms with E-state index in [0.717, 1.165) is 36.5 Å². The molecule has 0 saturated carbocycles. The highest BCUT2D eigenvalue weighted by Gasteiger charge is 2.46. The summed E-state index contributed by atoms with van der Waals surface area (Å²) in [4.78, 5) is 0. The van der Waals surface area contributed by atoms with Crippen molar-refractivity contribution in [3.05, 3.63) is 34.9 Å². The van der Waals surface area contributed by atoms with Crippen molar-refractivity contribution in [3.63, 3.8) is 0 Å². The third-order valence-corrected chi connectivity index (χ3v) is 7.48. The van der Waals surface area contributed by atoms with Crippen LogP contribution in [0.25, 0.3) is 0 Å². The Morgan fingerprint density at radius 2 is 2.00 bits per heavy atom. The Morgan fingerprint density at radius 1 is 1.29 bits per heavy atom. The first-order valence-corrected chi connectivity index (χ1v) is 11.3. The van der Waals surface area contributed by atoms with Crippen LogP contribution in [0.3, 0.4) is 0 Å². The van der Waals surface area contributed by atoms with Gasteiger partial charge in [0.1, 0.15) is 17.1 Å². The zero-order valence-corrected chi connectivity index (χ0v) is 19.1. The third kappa shape index (κ3) is 4.11. The molecule has 28 heavy (non-hydrogen) atoms. The first kappa shape index (κ1) is 21.3.